The van der Waals surface area contributed by atoms with E-state index in [-0.39, 0.29) is 11.4 Å². The summed E-state index contributed by atoms with van der Waals surface area (Å²) in [6, 6.07) is 15.6. The van der Waals surface area contributed by atoms with Gasteiger partial charge in [0.25, 0.3) is 0 Å². The number of hydrogen-bond acceptors (Lipinski definition) is 4. The standard InChI is InChI=1S/C12H12N2O4S2/c15-19(16,13-11-7-3-1-4-8-11)20(17,18)14-12-9-5-2-6-10-12/h1-10,13-14H. The molecule has 106 valence electrons. The highest BCUT2D eigenvalue weighted by molar-refractivity contribution is 8.68. The first-order valence-corrected chi connectivity index (χ1v) is 9.05. The maximum Gasteiger partial charge on any atom is 0.357 e. The van der Waals surface area contributed by atoms with Crippen molar-refractivity contribution in [1.82, 2.24) is 0 Å². The summed E-state index contributed by atoms with van der Waals surface area (Å²) in [5.41, 5.74) is 0.344. The van der Waals surface area contributed by atoms with Gasteiger partial charge in [0.15, 0.2) is 0 Å². The molecule has 2 N–H and O–H groups in total. The lowest BCUT2D eigenvalue weighted by Crippen LogP contribution is -2.29. The number of rotatable bonds is 5. The molecule has 0 unspecified atom stereocenters. The second-order valence-electron chi connectivity index (χ2n) is 3.84. The first kappa shape index (κ1) is 14.4. The van der Waals surface area contributed by atoms with E-state index in [0.29, 0.717) is 0 Å². The van der Waals surface area contributed by atoms with Crippen LogP contribution in [0.5, 0.6) is 0 Å². The quantitative estimate of drug-likeness (QED) is 0.823. The third-order valence-electron chi connectivity index (χ3n) is 2.32. The Morgan fingerprint density at radius 2 is 0.850 bits per heavy atom. The Bertz CT molecular complexity index is 703. The molecule has 0 aliphatic heterocycles. The van der Waals surface area contributed by atoms with Gasteiger partial charge in [0.2, 0.25) is 0 Å². The molecule has 0 radical (unpaired) electrons. The normalized spacial score (nSPS) is 11.8. The van der Waals surface area contributed by atoms with Gasteiger partial charge in [0.1, 0.15) is 0 Å². The molecule has 6 nitrogen and oxygen atoms in total. The van der Waals surface area contributed by atoms with Crippen molar-refractivity contribution < 1.29 is 16.8 Å². The molecule has 8 heteroatoms. The molecule has 0 atom stereocenters. The van der Waals surface area contributed by atoms with E-state index in [4.69, 9.17) is 0 Å². The summed E-state index contributed by atoms with van der Waals surface area (Å²) in [7, 11) is -9.20. The molecular weight excluding hydrogens is 300 g/mol. The minimum atomic E-state index is -4.60. The van der Waals surface area contributed by atoms with Crippen molar-refractivity contribution in [3.63, 3.8) is 0 Å². The molecule has 0 spiro atoms. The Morgan fingerprint density at radius 1 is 0.550 bits per heavy atom. The number of nitrogens with one attached hydrogen (secondary N) is 2. The van der Waals surface area contributed by atoms with Gasteiger partial charge in [0.05, 0.1) is 0 Å². The van der Waals surface area contributed by atoms with Gasteiger partial charge < -0.3 is 0 Å². The van der Waals surface area contributed by atoms with Crippen molar-refractivity contribution in [1.29, 1.82) is 0 Å². The predicted molar refractivity (Wildman–Crippen MR) is 78.0 cm³/mol. The number of benzene rings is 2. The summed E-state index contributed by atoms with van der Waals surface area (Å²) in [6.45, 7) is 0. The van der Waals surface area contributed by atoms with Crippen LogP contribution in [0.3, 0.4) is 0 Å². The van der Waals surface area contributed by atoms with Gasteiger partial charge in [-0.05, 0) is 24.3 Å². The van der Waals surface area contributed by atoms with E-state index >= 15 is 0 Å². The summed E-state index contributed by atoms with van der Waals surface area (Å²) >= 11 is 0. The topological polar surface area (TPSA) is 92.3 Å². The van der Waals surface area contributed by atoms with Crippen molar-refractivity contribution >= 4 is 29.5 Å². The minimum Gasteiger partial charge on any atom is -0.270 e. The average molecular weight is 312 g/mol. The lowest BCUT2D eigenvalue weighted by molar-refractivity contribution is 0.588. The molecule has 0 amide bonds. The van der Waals surface area contributed by atoms with Gasteiger partial charge in [-0.25, -0.2) is 0 Å². The molecule has 20 heavy (non-hydrogen) atoms. The second-order valence-corrected chi connectivity index (χ2v) is 8.70. The maximum absolute atomic E-state index is 11.9. The van der Waals surface area contributed by atoms with Gasteiger partial charge >= 0.3 is 18.1 Å². The van der Waals surface area contributed by atoms with Gasteiger partial charge in [0, 0.05) is 11.4 Å². The molecule has 0 aromatic heterocycles. The zero-order valence-electron chi connectivity index (χ0n) is 10.2. The number of anilines is 2. The molecular formula is C12H12N2O4S2. The molecule has 0 saturated carbocycles. The largest absolute Gasteiger partial charge is 0.357 e. The monoisotopic (exact) mass is 312 g/mol. The molecule has 0 bridgehead atoms. The Morgan fingerprint density at radius 3 is 1.15 bits per heavy atom. The number of hydrogen-bond donors (Lipinski definition) is 2. The lowest BCUT2D eigenvalue weighted by Gasteiger charge is -2.10. The number of para-hydroxylation sites is 2. The fraction of sp³-hybridized carbons (Fsp3) is 0. The Balaban J connectivity index is 2.24. The van der Waals surface area contributed by atoms with Crippen molar-refractivity contribution in [2.45, 2.75) is 0 Å². The third kappa shape index (κ3) is 3.28. The van der Waals surface area contributed by atoms with Crippen molar-refractivity contribution in [3.05, 3.63) is 60.7 Å². The molecule has 2 aromatic rings. The zero-order valence-corrected chi connectivity index (χ0v) is 11.9. The first-order chi connectivity index (χ1) is 9.41. The van der Waals surface area contributed by atoms with Crippen LogP contribution in [0, 0.1) is 0 Å². The maximum atomic E-state index is 11.9. The molecule has 0 aliphatic carbocycles. The SMILES string of the molecule is O=S(=O)(Nc1ccccc1)S(=O)(=O)Nc1ccccc1. The molecule has 0 heterocycles. The van der Waals surface area contributed by atoms with Gasteiger partial charge in [-0.15, -0.1) is 0 Å². The highest BCUT2D eigenvalue weighted by Gasteiger charge is 2.29. The Labute approximate surface area is 117 Å². The Kier molecular flexibility index (Phi) is 3.96. The summed E-state index contributed by atoms with van der Waals surface area (Å²) in [6.07, 6.45) is 0. The molecule has 2 aromatic carbocycles. The first-order valence-electron chi connectivity index (χ1n) is 5.56. The third-order valence-corrected chi connectivity index (χ3v) is 6.10. The summed E-state index contributed by atoms with van der Waals surface area (Å²) in [4.78, 5) is 0. The van der Waals surface area contributed by atoms with Crippen molar-refractivity contribution in [3.8, 4) is 0 Å². The molecule has 0 aliphatic rings. The molecule has 0 saturated heterocycles. The van der Waals surface area contributed by atoms with Crippen LogP contribution < -0.4 is 9.44 Å². The average Bonchev–Trinajstić information content (AvgIpc) is 2.40. The highest BCUT2D eigenvalue weighted by atomic mass is 33.2. The van der Waals surface area contributed by atoms with Gasteiger partial charge in [-0.1, -0.05) is 36.4 Å². The predicted octanol–water partition coefficient (Wildman–Crippen LogP) is 1.79. The smallest absolute Gasteiger partial charge is 0.270 e. The van der Waals surface area contributed by atoms with E-state index in [9.17, 15) is 16.8 Å². The van der Waals surface area contributed by atoms with Crippen LogP contribution in [0.1, 0.15) is 0 Å². The van der Waals surface area contributed by atoms with Crippen LogP contribution in [0.25, 0.3) is 0 Å². The van der Waals surface area contributed by atoms with Gasteiger partial charge in [-0.2, -0.15) is 16.8 Å². The molecule has 2 rings (SSSR count). The van der Waals surface area contributed by atoms with Crippen LogP contribution in [0.15, 0.2) is 60.7 Å². The van der Waals surface area contributed by atoms with Crippen LogP contribution >= 0.6 is 0 Å². The van der Waals surface area contributed by atoms with E-state index in [2.05, 4.69) is 0 Å². The summed E-state index contributed by atoms with van der Waals surface area (Å²) < 4.78 is 51.5. The van der Waals surface area contributed by atoms with Gasteiger partial charge in [-0.3, -0.25) is 9.44 Å². The van der Waals surface area contributed by atoms with Crippen LogP contribution in [-0.2, 0) is 18.1 Å². The Hall–Kier alpha value is -2.06. The van der Waals surface area contributed by atoms with Crippen LogP contribution in [0.4, 0.5) is 11.4 Å². The zero-order chi connectivity index (χ0) is 14.6. The van der Waals surface area contributed by atoms with Crippen molar-refractivity contribution in [2.75, 3.05) is 9.44 Å². The van der Waals surface area contributed by atoms with E-state index in [0.717, 1.165) is 0 Å². The molecule has 0 fully saturated rings. The van der Waals surface area contributed by atoms with Crippen LogP contribution in [0.2, 0.25) is 0 Å². The summed E-state index contributed by atoms with van der Waals surface area (Å²) in [5.74, 6) is 0. The van der Waals surface area contributed by atoms with E-state index in [1.165, 1.54) is 24.3 Å². The van der Waals surface area contributed by atoms with Crippen LogP contribution in [-0.4, -0.2) is 16.8 Å². The fourth-order valence-electron chi connectivity index (χ4n) is 1.41. The van der Waals surface area contributed by atoms with Crippen molar-refractivity contribution in [2.24, 2.45) is 0 Å². The summed E-state index contributed by atoms with van der Waals surface area (Å²) in [5, 5.41) is 0. The minimum absolute atomic E-state index is 0.172. The highest BCUT2D eigenvalue weighted by Crippen LogP contribution is 2.15. The fourth-order valence-corrected chi connectivity index (χ4v) is 3.72. The van der Waals surface area contributed by atoms with E-state index < -0.39 is 18.1 Å². The second kappa shape index (κ2) is 5.51. The lowest BCUT2D eigenvalue weighted by atomic mass is 10.3. The van der Waals surface area contributed by atoms with E-state index in [1.54, 1.807) is 36.4 Å². The van der Waals surface area contributed by atoms with E-state index in [1.807, 2.05) is 9.44 Å².